The van der Waals surface area contributed by atoms with Crippen LogP contribution in [0.4, 0.5) is 0 Å². The van der Waals surface area contributed by atoms with Crippen LogP contribution in [-0.4, -0.2) is 17.5 Å². The van der Waals surface area contributed by atoms with E-state index in [1.165, 1.54) is 11.1 Å². The van der Waals surface area contributed by atoms with Gasteiger partial charge in [-0.05, 0) is 17.5 Å². The summed E-state index contributed by atoms with van der Waals surface area (Å²) in [4.78, 5) is 4.37. The van der Waals surface area contributed by atoms with Gasteiger partial charge in [0.1, 0.15) is 0 Å². The molecule has 2 rings (SSSR count). The molecule has 1 aromatic carbocycles. The van der Waals surface area contributed by atoms with Gasteiger partial charge in [0.2, 0.25) is 0 Å². The highest BCUT2D eigenvalue weighted by Crippen LogP contribution is 2.12. The Bertz CT molecular complexity index is 360. The zero-order valence-electron chi connectivity index (χ0n) is 8.99. The third-order valence-corrected chi connectivity index (χ3v) is 3.45. The first-order chi connectivity index (χ1) is 7.40. The van der Waals surface area contributed by atoms with Crippen molar-refractivity contribution in [2.75, 3.05) is 12.3 Å². The number of benzene rings is 1. The monoisotopic (exact) mass is 220 g/mol. The van der Waals surface area contributed by atoms with Crippen LogP contribution in [0.5, 0.6) is 0 Å². The van der Waals surface area contributed by atoms with Gasteiger partial charge in [0.05, 0.1) is 6.54 Å². The van der Waals surface area contributed by atoms with Crippen LogP contribution < -0.4 is 5.32 Å². The van der Waals surface area contributed by atoms with Crippen LogP contribution in [0.15, 0.2) is 29.3 Å². The second-order valence-electron chi connectivity index (χ2n) is 3.51. The third kappa shape index (κ3) is 2.75. The highest BCUT2D eigenvalue weighted by atomic mass is 32.2. The van der Waals surface area contributed by atoms with Crippen molar-refractivity contribution in [2.24, 2.45) is 4.99 Å². The lowest BCUT2D eigenvalue weighted by molar-refractivity contribution is 0.899. The van der Waals surface area contributed by atoms with Gasteiger partial charge in [0.25, 0.3) is 0 Å². The highest BCUT2D eigenvalue weighted by Gasteiger charge is 2.06. The zero-order chi connectivity index (χ0) is 10.5. The number of nitrogens with one attached hydrogen (secondary N) is 1. The highest BCUT2D eigenvalue weighted by molar-refractivity contribution is 8.14. The maximum atomic E-state index is 4.37. The van der Waals surface area contributed by atoms with E-state index in [0.717, 1.165) is 30.4 Å². The van der Waals surface area contributed by atoms with E-state index >= 15 is 0 Å². The van der Waals surface area contributed by atoms with Crippen LogP contribution in [0.3, 0.4) is 0 Å². The lowest BCUT2D eigenvalue weighted by Gasteiger charge is -2.09. The smallest absolute Gasteiger partial charge is 0.156 e. The molecule has 3 heteroatoms. The Balaban J connectivity index is 1.97. The van der Waals surface area contributed by atoms with Gasteiger partial charge in [-0.25, -0.2) is 0 Å². The second kappa shape index (κ2) is 5.21. The van der Waals surface area contributed by atoms with Crippen molar-refractivity contribution in [1.29, 1.82) is 0 Å². The van der Waals surface area contributed by atoms with Crippen LogP contribution >= 0.6 is 11.8 Å². The molecule has 0 saturated carbocycles. The summed E-state index contributed by atoms with van der Waals surface area (Å²) in [7, 11) is 0. The molecule has 2 nitrogen and oxygen atoms in total. The molecule has 0 aromatic heterocycles. The predicted molar refractivity (Wildman–Crippen MR) is 67.4 cm³/mol. The number of rotatable bonds is 3. The van der Waals surface area contributed by atoms with Crippen molar-refractivity contribution in [3.8, 4) is 0 Å². The fourth-order valence-corrected chi connectivity index (χ4v) is 2.42. The molecule has 80 valence electrons. The molecule has 0 aliphatic carbocycles. The zero-order valence-corrected chi connectivity index (χ0v) is 9.81. The Morgan fingerprint density at radius 3 is 2.80 bits per heavy atom. The first-order valence-electron chi connectivity index (χ1n) is 5.38. The topological polar surface area (TPSA) is 24.4 Å². The standard InChI is InChI=1S/C12H16N2S/c1-2-10-5-3-4-6-11(10)9-14-12-13-7-8-15-12/h3-6H,2,7-9H2,1H3,(H,13,14). The summed E-state index contributed by atoms with van der Waals surface area (Å²) in [6.07, 6.45) is 1.09. The van der Waals surface area contributed by atoms with Crippen molar-refractivity contribution in [2.45, 2.75) is 19.9 Å². The summed E-state index contributed by atoms with van der Waals surface area (Å²) in [5.41, 5.74) is 2.81. The Labute approximate surface area is 95.2 Å². The van der Waals surface area contributed by atoms with Gasteiger partial charge in [0.15, 0.2) is 5.17 Å². The molecule has 1 heterocycles. The minimum absolute atomic E-state index is 0.899. The number of aryl methyl sites for hydroxylation is 1. The van der Waals surface area contributed by atoms with E-state index in [4.69, 9.17) is 0 Å². The average molecular weight is 220 g/mol. The summed E-state index contributed by atoms with van der Waals surface area (Å²) in [5.74, 6) is 1.12. The summed E-state index contributed by atoms with van der Waals surface area (Å²) >= 11 is 1.81. The van der Waals surface area contributed by atoms with E-state index in [-0.39, 0.29) is 0 Å². The number of hydrogen-bond donors (Lipinski definition) is 1. The van der Waals surface area contributed by atoms with Gasteiger partial charge >= 0.3 is 0 Å². The maximum absolute atomic E-state index is 4.37. The largest absolute Gasteiger partial charge is 0.361 e. The molecular formula is C12H16N2S. The van der Waals surface area contributed by atoms with Crippen molar-refractivity contribution in [3.63, 3.8) is 0 Å². The summed E-state index contributed by atoms with van der Waals surface area (Å²) in [6.45, 7) is 4.05. The number of hydrogen-bond acceptors (Lipinski definition) is 3. The molecule has 0 saturated heterocycles. The van der Waals surface area contributed by atoms with E-state index in [2.05, 4.69) is 41.5 Å². The number of thioether (sulfide) groups is 1. The molecule has 1 N–H and O–H groups in total. The van der Waals surface area contributed by atoms with Gasteiger partial charge < -0.3 is 5.32 Å². The molecular weight excluding hydrogens is 204 g/mol. The van der Waals surface area contributed by atoms with Crippen molar-refractivity contribution >= 4 is 16.9 Å². The van der Waals surface area contributed by atoms with Crippen molar-refractivity contribution in [3.05, 3.63) is 35.4 Å². The normalized spacial score (nSPS) is 15.1. The van der Waals surface area contributed by atoms with Gasteiger partial charge in [-0.1, -0.05) is 43.0 Å². The molecule has 0 amide bonds. The lowest BCUT2D eigenvalue weighted by atomic mass is 10.1. The Hall–Kier alpha value is -0.960. The average Bonchev–Trinajstić information content (AvgIpc) is 2.79. The number of aliphatic imine (C=N–C) groups is 1. The van der Waals surface area contributed by atoms with Crippen molar-refractivity contribution in [1.82, 2.24) is 5.32 Å². The third-order valence-electron chi connectivity index (χ3n) is 2.51. The Kier molecular flexibility index (Phi) is 3.67. The van der Waals surface area contributed by atoms with Gasteiger partial charge in [-0.3, -0.25) is 4.99 Å². The molecule has 1 aliphatic rings. The molecule has 0 bridgehead atoms. The number of amidine groups is 1. The second-order valence-corrected chi connectivity index (χ2v) is 4.59. The molecule has 0 unspecified atom stereocenters. The molecule has 0 fully saturated rings. The van der Waals surface area contributed by atoms with Gasteiger partial charge in [-0.15, -0.1) is 0 Å². The molecule has 15 heavy (non-hydrogen) atoms. The molecule has 1 aromatic rings. The minimum atomic E-state index is 0.899. The van der Waals surface area contributed by atoms with Crippen LogP contribution in [0.1, 0.15) is 18.1 Å². The van der Waals surface area contributed by atoms with Crippen molar-refractivity contribution < 1.29 is 0 Å². The van der Waals surface area contributed by atoms with Crippen LogP contribution in [0.2, 0.25) is 0 Å². The first-order valence-corrected chi connectivity index (χ1v) is 6.36. The molecule has 0 atom stereocenters. The van der Waals surface area contributed by atoms with E-state index in [0.29, 0.717) is 0 Å². The summed E-state index contributed by atoms with van der Waals surface area (Å²) in [6, 6.07) is 8.58. The lowest BCUT2D eigenvalue weighted by Crippen LogP contribution is -2.18. The maximum Gasteiger partial charge on any atom is 0.156 e. The predicted octanol–water partition coefficient (Wildman–Crippen LogP) is 2.44. The molecule has 0 radical (unpaired) electrons. The Morgan fingerprint density at radius 1 is 1.33 bits per heavy atom. The summed E-state index contributed by atoms with van der Waals surface area (Å²) < 4.78 is 0. The van der Waals surface area contributed by atoms with E-state index < -0.39 is 0 Å². The first kappa shape index (κ1) is 10.6. The van der Waals surface area contributed by atoms with E-state index in [9.17, 15) is 0 Å². The molecule has 0 spiro atoms. The van der Waals surface area contributed by atoms with Gasteiger partial charge in [-0.2, -0.15) is 0 Å². The van der Waals surface area contributed by atoms with Crippen LogP contribution in [0.25, 0.3) is 0 Å². The minimum Gasteiger partial charge on any atom is -0.361 e. The number of nitrogens with zero attached hydrogens (tertiary/aromatic N) is 1. The van der Waals surface area contributed by atoms with Crippen LogP contribution in [-0.2, 0) is 13.0 Å². The van der Waals surface area contributed by atoms with E-state index in [1.807, 2.05) is 11.8 Å². The quantitative estimate of drug-likeness (QED) is 0.846. The fourth-order valence-electron chi connectivity index (χ4n) is 1.69. The molecule has 1 aliphatic heterocycles. The Morgan fingerprint density at radius 2 is 2.13 bits per heavy atom. The van der Waals surface area contributed by atoms with E-state index in [1.54, 1.807) is 0 Å². The van der Waals surface area contributed by atoms with Gasteiger partial charge in [0, 0.05) is 12.3 Å². The van der Waals surface area contributed by atoms with Crippen LogP contribution in [0, 0.1) is 0 Å². The summed E-state index contributed by atoms with van der Waals surface area (Å²) in [5, 5.41) is 4.48. The fraction of sp³-hybridized carbons (Fsp3) is 0.417. The SMILES string of the molecule is CCc1ccccc1CNC1=NCCS1.